The summed E-state index contributed by atoms with van der Waals surface area (Å²) in [6.07, 6.45) is 0. The first kappa shape index (κ1) is 25.0. The van der Waals surface area contributed by atoms with E-state index in [9.17, 15) is 0 Å². The molecule has 0 saturated carbocycles. The van der Waals surface area contributed by atoms with Crippen LogP contribution in [0.4, 0.5) is 11.4 Å². The molecule has 0 heterocycles. The van der Waals surface area contributed by atoms with Gasteiger partial charge in [0.1, 0.15) is 0 Å². The molecule has 0 amide bonds. The summed E-state index contributed by atoms with van der Waals surface area (Å²) < 4.78 is 1.45. The molecular weight excluding hydrogens is 502 g/mol. The average Bonchev–Trinajstić information content (AvgIpc) is 2.71. The number of hydrogen-bond acceptors (Lipinski definition) is 2. The monoisotopic (exact) mass is 540 g/mol. The van der Waals surface area contributed by atoms with Gasteiger partial charge in [-0.1, -0.05) is 0 Å². The van der Waals surface area contributed by atoms with E-state index in [4.69, 9.17) is 5.73 Å². The third-order valence-corrected chi connectivity index (χ3v) is 23.5. The Morgan fingerprint density at radius 1 is 0.688 bits per heavy atom. The number of nitrogen functional groups attached to an aromatic ring is 1. The molecule has 0 aliphatic heterocycles. The van der Waals surface area contributed by atoms with Crippen LogP contribution in [-0.2, 0) is 17.5 Å². The van der Waals surface area contributed by atoms with Gasteiger partial charge >= 0.3 is 204 Å². The topological polar surface area (TPSA) is 29.3 Å². The first-order valence-corrected chi connectivity index (χ1v) is 16.1. The average molecular weight is 541 g/mol. The Hall–Kier alpha value is -1.65. The Balaban J connectivity index is 2.25. The molecule has 0 aliphatic carbocycles. The fourth-order valence-corrected chi connectivity index (χ4v) is 18.7. The summed E-state index contributed by atoms with van der Waals surface area (Å²) in [5.74, 6) is 0. The zero-order valence-electron chi connectivity index (χ0n) is 20.8. The van der Waals surface area contributed by atoms with Crippen molar-refractivity contribution in [1.29, 1.82) is 0 Å². The standard InChI is InChI=1S/C16H28NP.C12H10N.Pd/c1-15(2,3)18(16(4,5)6)14-11-9-13(10-12-14)17(7)8;13-12-9-5-4-8-11(12)10-6-2-1-3-7-10;/h9-12H,1-8H3;1-6,8-9H,13H2;/q;;-1/p+1. The SMILES string of the molecule is CN(C)c1ccc([PH]([Pd][c]2ccccc2-c2ccccc2N)(C(C)(C)C)C(C)(C)C)cc1. The van der Waals surface area contributed by atoms with Gasteiger partial charge in [-0.15, -0.1) is 0 Å². The summed E-state index contributed by atoms with van der Waals surface area (Å²) in [6.45, 7) is 14.8. The second-order valence-electron chi connectivity index (χ2n) is 10.7. The van der Waals surface area contributed by atoms with Crippen molar-refractivity contribution in [2.45, 2.75) is 51.9 Å². The molecule has 32 heavy (non-hydrogen) atoms. The number of hydrogen-bond donors (Lipinski definition) is 1. The third kappa shape index (κ3) is 4.68. The van der Waals surface area contributed by atoms with Crippen molar-refractivity contribution >= 4 is 26.2 Å². The molecule has 2 nitrogen and oxygen atoms in total. The van der Waals surface area contributed by atoms with Crippen molar-refractivity contribution < 1.29 is 17.5 Å². The molecule has 0 aromatic heterocycles. The Morgan fingerprint density at radius 2 is 1.19 bits per heavy atom. The molecule has 0 saturated heterocycles. The number of para-hydroxylation sites is 1. The van der Waals surface area contributed by atoms with Crippen LogP contribution in [0.15, 0.2) is 72.8 Å². The molecule has 0 spiro atoms. The Labute approximate surface area is 203 Å². The molecule has 0 unspecified atom stereocenters. The van der Waals surface area contributed by atoms with E-state index in [2.05, 4.69) is 121 Å². The Morgan fingerprint density at radius 3 is 1.69 bits per heavy atom. The first-order chi connectivity index (χ1) is 14.9. The van der Waals surface area contributed by atoms with E-state index in [1.54, 1.807) is 5.30 Å². The molecule has 176 valence electrons. The molecule has 3 rings (SSSR count). The summed E-state index contributed by atoms with van der Waals surface area (Å²) in [7, 11) is 4.22. The maximum atomic E-state index is 6.43. The normalized spacial score (nSPS) is 13.2. The van der Waals surface area contributed by atoms with Gasteiger partial charge in [0.15, 0.2) is 0 Å². The quantitative estimate of drug-likeness (QED) is 0.234. The number of rotatable bonds is 5. The summed E-state index contributed by atoms with van der Waals surface area (Å²) >= 11 is 0.450. The van der Waals surface area contributed by atoms with E-state index >= 15 is 0 Å². The minimum absolute atomic E-state index is 0.189. The van der Waals surface area contributed by atoms with Crippen LogP contribution in [0.5, 0.6) is 0 Å². The summed E-state index contributed by atoms with van der Waals surface area (Å²) in [4.78, 5) is 2.18. The Bertz CT molecular complexity index is 1050. The van der Waals surface area contributed by atoms with Crippen molar-refractivity contribution in [1.82, 2.24) is 0 Å². The van der Waals surface area contributed by atoms with E-state index in [1.165, 1.54) is 15.3 Å². The number of benzene rings is 3. The van der Waals surface area contributed by atoms with Crippen LogP contribution in [-0.4, -0.2) is 24.4 Å². The first-order valence-electron chi connectivity index (χ1n) is 11.2. The molecule has 0 bridgehead atoms. The predicted octanol–water partition coefficient (Wildman–Crippen LogP) is 6.30. The van der Waals surface area contributed by atoms with Gasteiger partial charge in [0.25, 0.3) is 0 Å². The second kappa shape index (κ2) is 9.31. The predicted molar refractivity (Wildman–Crippen MR) is 144 cm³/mol. The van der Waals surface area contributed by atoms with Gasteiger partial charge in [-0.05, 0) is 0 Å². The van der Waals surface area contributed by atoms with Crippen molar-refractivity contribution in [2.24, 2.45) is 0 Å². The minimum atomic E-state index is -2.06. The molecule has 3 aromatic rings. The number of anilines is 2. The molecule has 4 heteroatoms. The van der Waals surface area contributed by atoms with E-state index in [0.29, 0.717) is 17.5 Å². The number of nitrogens with two attached hydrogens (primary N) is 1. The summed E-state index contributed by atoms with van der Waals surface area (Å²) in [6, 6.07) is 26.6. The van der Waals surface area contributed by atoms with Crippen LogP contribution in [0.25, 0.3) is 11.1 Å². The van der Waals surface area contributed by atoms with Crippen LogP contribution in [0.1, 0.15) is 41.5 Å². The fourth-order valence-electron chi connectivity index (χ4n) is 4.85. The van der Waals surface area contributed by atoms with E-state index in [0.717, 1.165) is 11.3 Å². The van der Waals surface area contributed by atoms with Crippen molar-refractivity contribution in [3.05, 3.63) is 72.8 Å². The molecule has 3 aromatic carbocycles. The van der Waals surface area contributed by atoms with Crippen molar-refractivity contribution in [2.75, 3.05) is 24.7 Å². The third-order valence-electron chi connectivity index (χ3n) is 6.04. The molecule has 2 N–H and O–H groups in total. The van der Waals surface area contributed by atoms with Crippen molar-refractivity contribution in [3.63, 3.8) is 0 Å². The molecule has 0 radical (unpaired) electrons. The van der Waals surface area contributed by atoms with Crippen LogP contribution in [0, 0.1) is 0 Å². The summed E-state index contributed by atoms with van der Waals surface area (Å²) in [5.41, 5.74) is 8.90. The van der Waals surface area contributed by atoms with Gasteiger partial charge < -0.3 is 0 Å². The van der Waals surface area contributed by atoms with Gasteiger partial charge in [-0.2, -0.15) is 0 Å². The van der Waals surface area contributed by atoms with Gasteiger partial charge in [0.05, 0.1) is 0 Å². The molecular formula is C28H39N2PPd. The van der Waals surface area contributed by atoms with Crippen LogP contribution in [0.3, 0.4) is 0 Å². The summed E-state index contributed by atoms with van der Waals surface area (Å²) in [5, 5.41) is 1.93. The van der Waals surface area contributed by atoms with Gasteiger partial charge in [0.2, 0.25) is 0 Å². The fraction of sp³-hybridized carbons (Fsp3) is 0.357. The van der Waals surface area contributed by atoms with E-state index < -0.39 is 5.45 Å². The zero-order valence-corrected chi connectivity index (χ0v) is 23.3. The second-order valence-corrected chi connectivity index (χ2v) is 21.1. The van der Waals surface area contributed by atoms with Crippen molar-refractivity contribution in [3.8, 4) is 11.1 Å². The number of nitrogens with zero attached hydrogens (tertiary/aromatic N) is 1. The van der Waals surface area contributed by atoms with E-state index in [1.807, 2.05) is 12.1 Å². The van der Waals surface area contributed by atoms with E-state index in [-0.39, 0.29) is 10.3 Å². The van der Waals surface area contributed by atoms with Gasteiger partial charge in [-0.25, -0.2) is 0 Å². The molecule has 0 fully saturated rings. The van der Waals surface area contributed by atoms with Crippen LogP contribution in [0.2, 0.25) is 0 Å². The van der Waals surface area contributed by atoms with Crippen LogP contribution < -0.4 is 20.0 Å². The Kier molecular flexibility index (Phi) is 7.27. The maximum absolute atomic E-state index is 6.43. The van der Waals surface area contributed by atoms with Crippen LogP contribution >= 0.6 is 5.45 Å². The van der Waals surface area contributed by atoms with Gasteiger partial charge in [-0.3, -0.25) is 0 Å². The molecule has 0 atom stereocenters. The zero-order chi connectivity index (χ0) is 23.7. The van der Waals surface area contributed by atoms with Gasteiger partial charge in [0, 0.05) is 0 Å². The molecule has 0 aliphatic rings.